The van der Waals surface area contributed by atoms with Crippen molar-refractivity contribution in [1.82, 2.24) is 20.9 Å². The van der Waals surface area contributed by atoms with E-state index in [-0.39, 0.29) is 24.3 Å². The van der Waals surface area contributed by atoms with Crippen molar-refractivity contribution in [2.45, 2.75) is 25.4 Å². The number of benzene rings is 2. The highest BCUT2D eigenvalue weighted by atomic mass is 35.5. The highest BCUT2D eigenvalue weighted by molar-refractivity contribution is 7.98. The van der Waals surface area contributed by atoms with Crippen molar-refractivity contribution in [3.63, 3.8) is 0 Å². The lowest BCUT2D eigenvalue weighted by Gasteiger charge is -2.18. The molecule has 3 rings (SSSR count). The van der Waals surface area contributed by atoms with Gasteiger partial charge in [0.2, 0.25) is 5.91 Å². The average Bonchev–Trinajstić information content (AvgIpc) is 3.35. The first-order valence-corrected chi connectivity index (χ1v) is 13.7. The summed E-state index contributed by atoms with van der Waals surface area (Å²) in [6.07, 6.45) is 3.11. The standard InChI is InChI=1S/C25H27ClN4O3S2/c1-34-13-11-20(30-23(31)18-7-3-2-4-8-18)24(32)28-15-22-29-21(16-35-22)25(33)27-12-10-17-6-5-9-19(26)14-17/h2-9,14,16,20H,10-13,15H2,1H3,(H,27,33)(H,28,32)(H,30,31). The zero-order valence-corrected chi connectivity index (χ0v) is 21.6. The molecule has 1 heterocycles. The monoisotopic (exact) mass is 530 g/mol. The van der Waals surface area contributed by atoms with Gasteiger partial charge in [0.05, 0.1) is 6.54 Å². The number of nitrogens with one attached hydrogen (secondary N) is 3. The van der Waals surface area contributed by atoms with Crippen LogP contribution in [0.4, 0.5) is 0 Å². The number of halogens is 1. The molecule has 10 heteroatoms. The lowest BCUT2D eigenvalue weighted by Crippen LogP contribution is -2.46. The maximum absolute atomic E-state index is 12.8. The average molecular weight is 531 g/mol. The van der Waals surface area contributed by atoms with Crippen molar-refractivity contribution < 1.29 is 14.4 Å². The van der Waals surface area contributed by atoms with E-state index in [4.69, 9.17) is 11.6 Å². The number of amides is 3. The molecule has 0 spiro atoms. The largest absolute Gasteiger partial charge is 0.350 e. The molecule has 3 N–H and O–H groups in total. The normalized spacial score (nSPS) is 11.5. The SMILES string of the molecule is CSCCC(NC(=O)c1ccccc1)C(=O)NCc1nc(C(=O)NCCc2cccc(Cl)c2)cs1. The minimum Gasteiger partial charge on any atom is -0.350 e. The molecule has 0 aliphatic rings. The van der Waals surface area contributed by atoms with Gasteiger partial charge in [0.15, 0.2) is 0 Å². The molecule has 2 aromatic carbocycles. The van der Waals surface area contributed by atoms with Gasteiger partial charge in [-0.3, -0.25) is 14.4 Å². The zero-order valence-electron chi connectivity index (χ0n) is 19.3. The molecule has 7 nitrogen and oxygen atoms in total. The van der Waals surface area contributed by atoms with Gasteiger partial charge in [-0.15, -0.1) is 11.3 Å². The maximum atomic E-state index is 12.8. The van der Waals surface area contributed by atoms with E-state index in [1.54, 1.807) is 47.5 Å². The summed E-state index contributed by atoms with van der Waals surface area (Å²) in [6.45, 7) is 0.636. The molecule has 0 fully saturated rings. The Labute approximate surface area is 218 Å². The fraction of sp³-hybridized carbons (Fsp3) is 0.280. The molecule has 0 radical (unpaired) electrons. The third-order valence-corrected chi connectivity index (χ3v) is 6.78. The van der Waals surface area contributed by atoms with Crippen molar-refractivity contribution in [2.75, 3.05) is 18.6 Å². The first kappa shape index (κ1) is 26.7. The quantitative estimate of drug-likeness (QED) is 0.329. The Bertz CT molecular complexity index is 1140. The smallest absolute Gasteiger partial charge is 0.270 e. The molecule has 0 aliphatic heterocycles. The summed E-state index contributed by atoms with van der Waals surface area (Å²) in [5.74, 6) is -0.123. The fourth-order valence-electron chi connectivity index (χ4n) is 3.22. The predicted octanol–water partition coefficient (Wildman–Crippen LogP) is 3.94. The number of carbonyl (C=O) groups excluding carboxylic acids is 3. The van der Waals surface area contributed by atoms with Crippen LogP contribution < -0.4 is 16.0 Å². The van der Waals surface area contributed by atoms with Gasteiger partial charge in [-0.25, -0.2) is 4.98 Å². The Balaban J connectivity index is 1.49. The summed E-state index contributed by atoms with van der Waals surface area (Å²) >= 11 is 8.89. The molecule has 1 aromatic heterocycles. The van der Waals surface area contributed by atoms with Crippen LogP contribution in [-0.2, 0) is 17.8 Å². The fourth-order valence-corrected chi connectivity index (χ4v) is 4.62. The van der Waals surface area contributed by atoms with Crippen molar-refractivity contribution >= 4 is 52.4 Å². The van der Waals surface area contributed by atoms with Gasteiger partial charge < -0.3 is 16.0 Å². The number of carbonyl (C=O) groups is 3. The number of hydrogen-bond donors (Lipinski definition) is 3. The van der Waals surface area contributed by atoms with E-state index in [1.165, 1.54) is 11.3 Å². The van der Waals surface area contributed by atoms with Crippen LogP contribution in [0.15, 0.2) is 60.0 Å². The van der Waals surface area contributed by atoms with E-state index in [2.05, 4.69) is 20.9 Å². The Kier molecular flexibility index (Phi) is 10.6. The Hall–Kier alpha value is -2.88. The Morgan fingerprint density at radius 2 is 1.86 bits per heavy atom. The first-order chi connectivity index (χ1) is 17.0. The highest BCUT2D eigenvalue weighted by Crippen LogP contribution is 2.12. The number of nitrogens with zero attached hydrogens (tertiary/aromatic N) is 1. The second-order valence-corrected chi connectivity index (χ2v) is 10.0. The van der Waals surface area contributed by atoms with Gasteiger partial charge >= 0.3 is 0 Å². The molecule has 0 saturated heterocycles. The topological polar surface area (TPSA) is 100 Å². The second kappa shape index (κ2) is 13.9. The molecule has 0 bridgehead atoms. The number of rotatable bonds is 12. The van der Waals surface area contributed by atoms with Gasteiger partial charge in [-0.2, -0.15) is 11.8 Å². The van der Waals surface area contributed by atoms with Gasteiger partial charge in [0.1, 0.15) is 16.7 Å². The molecule has 1 atom stereocenters. The van der Waals surface area contributed by atoms with E-state index in [0.717, 1.165) is 11.3 Å². The van der Waals surface area contributed by atoms with Crippen LogP contribution in [0.25, 0.3) is 0 Å². The van der Waals surface area contributed by atoms with Crippen molar-refractivity contribution in [3.8, 4) is 0 Å². The van der Waals surface area contributed by atoms with Crippen molar-refractivity contribution in [1.29, 1.82) is 0 Å². The molecule has 184 valence electrons. The van der Waals surface area contributed by atoms with E-state index >= 15 is 0 Å². The van der Waals surface area contributed by atoms with Gasteiger partial charge in [0.25, 0.3) is 11.8 Å². The van der Waals surface area contributed by atoms with E-state index in [0.29, 0.717) is 40.7 Å². The van der Waals surface area contributed by atoms with Crippen LogP contribution in [0.5, 0.6) is 0 Å². The summed E-state index contributed by atoms with van der Waals surface area (Å²) in [5, 5.41) is 11.4. The molecule has 1 unspecified atom stereocenters. The van der Waals surface area contributed by atoms with Gasteiger partial charge in [0, 0.05) is 22.5 Å². The molecule has 0 saturated carbocycles. The molecular formula is C25H27ClN4O3S2. The van der Waals surface area contributed by atoms with E-state index in [1.807, 2.05) is 30.5 Å². The van der Waals surface area contributed by atoms with Crippen LogP contribution in [0, 0.1) is 0 Å². The summed E-state index contributed by atoms with van der Waals surface area (Å²) in [4.78, 5) is 42.0. The molecule has 3 aromatic rings. The molecule has 3 amide bonds. The minimum atomic E-state index is -0.663. The van der Waals surface area contributed by atoms with Crippen LogP contribution in [0.2, 0.25) is 5.02 Å². The third-order valence-electron chi connectivity index (χ3n) is 5.05. The van der Waals surface area contributed by atoms with Crippen LogP contribution in [-0.4, -0.2) is 47.3 Å². The minimum absolute atomic E-state index is 0.177. The Morgan fingerprint density at radius 1 is 1.06 bits per heavy atom. The number of hydrogen-bond acceptors (Lipinski definition) is 6. The number of thioether (sulfide) groups is 1. The van der Waals surface area contributed by atoms with Gasteiger partial charge in [-0.05, 0) is 54.7 Å². The van der Waals surface area contributed by atoms with E-state index in [9.17, 15) is 14.4 Å². The van der Waals surface area contributed by atoms with E-state index < -0.39 is 6.04 Å². The lowest BCUT2D eigenvalue weighted by atomic mass is 10.1. The molecule has 35 heavy (non-hydrogen) atoms. The van der Waals surface area contributed by atoms with Crippen molar-refractivity contribution in [3.05, 3.63) is 86.8 Å². The second-order valence-electron chi connectivity index (χ2n) is 7.65. The summed E-state index contributed by atoms with van der Waals surface area (Å²) in [6, 6.07) is 15.6. The lowest BCUT2D eigenvalue weighted by molar-refractivity contribution is -0.123. The third kappa shape index (κ3) is 8.69. The zero-order chi connectivity index (χ0) is 25.0. The maximum Gasteiger partial charge on any atom is 0.270 e. The van der Waals surface area contributed by atoms with Crippen LogP contribution in [0.1, 0.15) is 37.8 Å². The molecule has 0 aliphatic carbocycles. The number of thiazole rings is 1. The van der Waals surface area contributed by atoms with Crippen molar-refractivity contribution in [2.24, 2.45) is 0 Å². The summed E-state index contributed by atoms with van der Waals surface area (Å²) in [5.41, 5.74) is 1.84. The first-order valence-electron chi connectivity index (χ1n) is 11.1. The predicted molar refractivity (Wildman–Crippen MR) is 142 cm³/mol. The number of aromatic nitrogens is 1. The molecular weight excluding hydrogens is 504 g/mol. The summed E-state index contributed by atoms with van der Waals surface area (Å²) < 4.78 is 0. The summed E-state index contributed by atoms with van der Waals surface area (Å²) in [7, 11) is 0. The van der Waals surface area contributed by atoms with Crippen LogP contribution >= 0.6 is 34.7 Å². The Morgan fingerprint density at radius 3 is 2.60 bits per heavy atom. The van der Waals surface area contributed by atoms with Crippen LogP contribution in [0.3, 0.4) is 0 Å². The highest BCUT2D eigenvalue weighted by Gasteiger charge is 2.21. The van der Waals surface area contributed by atoms with Gasteiger partial charge in [-0.1, -0.05) is 41.9 Å².